The largest absolute Gasteiger partial charge is 0.497 e. The van der Waals surface area contributed by atoms with E-state index in [2.05, 4.69) is 35.6 Å². The molecule has 4 nitrogen and oxygen atoms in total. The van der Waals surface area contributed by atoms with E-state index >= 15 is 0 Å². The SMILES string of the molecule is COc1ccc(OC)c(C(C)NC(=O)CSc2ccc3ccccc3c2)c1. The molecule has 0 radical (unpaired) electrons. The molecular formula is C22H23NO3S. The van der Waals surface area contributed by atoms with Crippen LogP contribution < -0.4 is 14.8 Å². The molecule has 1 atom stereocenters. The van der Waals surface area contributed by atoms with Crippen molar-refractivity contribution in [2.75, 3.05) is 20.0 Å². The smallest absolute Gasteiger partial charge is 0.230 e. The molecule has 27 heavy (non-hydrogen) atoms. The molecule has 3 rings (SSSR count). The van der Waals surface area contributed by atoms with Crippen LogP contribution in [0.25, 0.3) is 10.8 Å². The van der Waals surface area contributed by atoms with Gasteiger partial charge in [-0.3, -0.25) is 4.79 Å². The number of amides is 1. The number of hydrogen-bond donors (Lipinski definition) is 1. The van der Waals surface area contributed by atoms with E-state index < -0.39 is 0 Å². The zero-order chi connectivity index (χ0) is 19.2. The fourth-order valence-corrected chi connectivity index (χ4v) is 3.70. The third kappa shape index (κ3) is 4.74. The molecule has 0 spiro atoms. The number of methoxy groups -OCH3 is 2. The van der Waals surface area contributed by atoms with Crippen molar-refractivity contribution in [3.05, 3.63) is 66.2 Å². The minimum absolute atomic E-state index is 0.0227. The van der Waals surface area contributed by atoms with Gasteiger partial charge >= 0.3 is 0 Å². The van der Waals surface area contributed by atoms with Gasteiger partial charge in [0.1, 0.15) is 11.5 Å². The van der Waals surface area contributed by atoms with Gasteiger partial charge < -0.3 is 14.8 Å². The average Bonchev–Trinajstić information content (AvgIpc) is 2.71. The predicted molar refractivity (Wildman–Crippen MR) is 111 cm³/mol. The summed E-state index contributed by atoms with van der Waals surface area (Å²) < 4.78 is 10.7. The van der Waals surface area contributed by atoms with Crippen LogP contribution >= 0.6 is 11.8 Å². The van der Waals surface area contributed by atoms with E-state index in [1.807, 2.05) is 37.3 Å². The van der Waals surface area contributed by atoms with Crippen molar-refractivity contribution in [2.24, 2.45) is 0 Å². The maximum atomic E-state index is 12.4. The third-order valence-corrected chi connectivity index (χ3v) is 5.37. The summed E-state index contributed by atoms with van der Waals surface area (Å²) in [4.78, 5) is 13.5. The zero-order valence-corrected chi connectivity index (χ0v) is 16.5. The highest BCUT2D eigenvalue weighted by atomic mass is 32.2. The number of carbonyl (C=O) groups excluding carboxylic acids is 1. The molecule has 1 N–H and O–H groups in total. The highest BCUT2D eigenvalue weighted by Gasteiger charge is 2.15. The van der Waals surface area contributed by atoms with Crippen LogP contribution in [0.15, 0.2) is 65.6 Å². The molecule has 0 aliphatic rings. The van der Waals surface area contributed by atoms with Gasteiger partial charge in [-0.05, 0) is 48.0 Å². The number of rotatable bonds is 7. The van der Waals surface area contributed by atoms with Gasteiger partial charge in [-0.1, -0.05) is 30.3 Å². The first-order valence-corrected chi connectivity index (χ1v) is 9.72. The summed E-state index contributed by atoms with van der Waals surface area (Å²) in [5.41, 5.74) is 0.890. The van der Waals surface area contributed by atoms with Crippen molar-refractivity contribution in [1.82, 2.24) is 5.32 Å². The second-order valence-corrected chi connectivity index (χ2v) is 7.24. The van der Waals surface area contributed by atoms with E-state index in [0.717, 1.165) is 22.0 Å². The summed E-state index contributed by atoms with van der Waals surface area (Å²) in [5.74, 6) is 1.79. The van der Waals surface area contributed by atoms with Crippen LogP contribution in [0.5, 0.6) is 11.5 Å². The minimum Gasteiger partial charge on any atom is -0.497 e. The molecular weight excluding hydrogens is 358 g/mol. The standard InChI is InChI=1S/C22H23NO3S/c1-15(20-13-18(25-2)9-11-21(20)26-3)23-22(24)14-27-19-10-8-16-6-4-5-7-17(16)12-19/h4-13,15H,14H2,1-3H3,(H,23,24). The Hall–Kier alpha value is -2.66. The first-order chi connectivity index (χ1) is 13.1. The predicted octanol–water partition coefficient (Wildman–Crippen LogP) is 4.83. The second-order valence-electron chi connectivity index (χ2n) is 6.19. The Kier molecular flexibility index (Phi) is 6.24. The van der Waals surface area contributed by atoms with Crippen molar-refractivity contribution in [3.8, 4) is 11.5 Å². The molecule has 0 saturated carbocycles. The maximum Gasteiger partial charge on any atom is 0.230 e. The monoisotopic (exact) mass is 381 g/mol. The summed E-state index contributed by atoms with van der Waals surface area (Å²) in [6.07, 6.45) is 0. The number of hydrogen-bond acceptors (Lipinski definition) is 4. The Morgan fingerprint density at radius 1 is 1.00 bits per heavy atom. The molecule has 3 aromatic carbocycles. The molecule has 140 valence electrons. The number of thioether (sulfide) groups is 1. The van der Waals surface area contributed by atoms with Crippen molar-refractivity contribution in [2.45, 2.75) is 17.9 Å². The summed E-state index contributed by atoms with van der Waals surface area (Å²) in [5, 5.41) is 5.41. The molecule has 1 unspecified atom stereocenters. The molecule has 0 aromatic heterocycles. The summed E-state index contributed by atoms with van der Waals surface area (Å²) >= 11 is 1.53. The highest BCUT2D eigenvalue weighted by Crippen LogP contribution is 2.29. The average molecular weight is 381 g/mol. The van der Waals surface area contributed by atoms with Crippen LogP contribution in [0.2, 0.25) is 0 Å². The first kappa shape index (κ1) is 19.1. The lowest BCUT2D eigenvalue weighted by Crippen LogP contribution is -2.28. The van der Waals surface area contributed by atoms with Crippen molar-refractivity contribution in [3.63, 3.8) is 0 Å². The maximum absolute atomic E-state index is 12.4. The Labute approximate surface area is 163 Å². The Morgan fingerprint density at radius 2 is 1.78 bits per heavy atom. The first-order valence-electron chi connectivity index (χ1n) is 8.73. The van der Waals surface area contributed by atoms with E-state index in [-0.39, 0.29) is 11.9 Å². The number of fused-ring (bicyclic) bond motifs is 1. The van der Waals surface area contributed by atoms with Crippen molar-refractivity contribution in [1.29, 1.82) is 0 Å². The Morgan fingerprint density at radius 3 is 2.52 bits per heavy atom. The van der Waals surface area contributed by atoms with Gasteiger partial charge in [-0.2, -0.15) is 0 Å². The third-order valence-electron chi connectivity index (χ3n) is 4.37. The molecule has 0 fully saturated rings. The molecule has 5 heteroatoms. The lowest BCUT2D eigenvalue weighted by Gasteiger charge is -2.18. The van der Waals surface area contributed by atoms with Gasteiger partial charge in [-0.15, -0.1) is 11.8 Å². The second kappa shape index (κ2) is 8.82. The highest BCUT2D eigenvalue weighted by molar-refractivity contribution is 8.00. The summed E-state index contributed by atoms with van der Waals surface area (Å²) in [6.45, 7) is 1.94. The molecule has 1 amide bonds. The zero-order valence-electron chi connectivity index (χ0n) is 15.7. The van der Waals surface area contributed by atoms with Crippen LogP contribution in [0.3, 0.4) is 0 Å². The van der Waals surface area contributed by atoms with Gasteiger partial charge in [-0.25, -0.2) is 0 Å². The van der Waals surface area contributed by atoms with Crippen LogP contribution in [-0.4, -0.2) is 25.9 Å². The van der Waals surface area contributed by atoms with E-state index in [1.165, 1.54) is 22.5 Å². The van der Waals surface area contributed by atoms with Crippen LogP contribution in [0, 0.1) is 0 Å². The van der Waals surface area contributed by atoms with Crippen molar-refractivity contribution >= 4 is 28.4 Å². The fourth-order valence-electron chi connectivity index (χ4n) is 2.94. The molecule has 3 aromatic rings. The minimum atomic E-state index is -0.181. The summed E-state index contributed by atoms with van der Waals surface area (Å²) in [7, 11) is 3.24. The van der Waals surface area contributed by atoms with Crippen LogP contribution in [-0.2, 0) is 4.79 Å². The lowest BCUT2D eigenvalue weighted by atomic mass is 10.1. The number of ether oxygens (including phenoxy) is 2. The summed E-state index contributed by atoms with van der Waals surface area (Å²) in [6, 6.07) is 19.9. The van der Waals surface area contributed by atoms with E-state index in [1.54, 1.807) is 14.2 Å². The molecule has 0 aliphatic heterocycles. The van der Waals surface area contributed by atoms with Gasteiger partial charge in [0, 0.05) is 10.5 Å². The van der Waals surface area contributed by atoms with E-state index in [9.17, 15) is 4.79 Å². The normalized spacial score (nSPS) is 11.8. The van der Waals surface area contributed by atoms with Gasteiger partial charge in [0.05, 0.1) is 26.0 Å². The van der Waals surface area contributed by atoms with Crippen LogP contribution in [0.4, 0.5) is 0 Å². The molecule has 0 aliphatic carbocycles. The van der Waals surface area contributed by atoms with Gasteiger partial charge in [0.15, 0.2) is 0 Å². The quantitative estimate of drug-likeness (QED) is 0.596. The topological polar surface area (TPSA) is 47.6 Å². The molecule has 0 heterocycles. The fraction of sp³-hybridized carbons (Fsp3) is 0.227. The Balaban J connectivity index is 1.63. The van der Waals surface area contributed by atoms with E-state index in [0.29, 0.717) is 5.75 Å². The number of benzene rings is 3. The van der Waals surface area contributed by atoms with E-state index in [4.69, 9.17) is 9.47 Å². The van der Waals surface area contributed by atoms with Gasteiger partial charge in [0.25, 0.3) is 0 Å². The molecule has 0 saturated heterocycles. The molecule has 0 bridgehead atoms. The number of nitrogens with one attached hydrogen (secondary N) is 1. The lowest BCUT2D eigenvalue weighted by molar-refractivity contribution is -0.119. The van der Waals surface area contributed by atoms with Crippen molar-refractivity contribution < 1.29 is 14.3 Å². The number of carbonyl (C=O) groups is 1. The van der Waals surface area contributed by atoms with Gasteiger partial charge in [0.2, 0.25) is 5.91 Å². The Bertz CT molecular complexity index is 942. The van der Waals surface area contributed by atoms with Crippen LogP contribution in [0.1, 0.15) is 18.5 Å².